The summed E-state index contributed by atoms with van der Waals surface area (Å²) in [6.45, 7) is 3.44. The molecule has 0 unspecified atom stereocenters. The highest BCUT2D eigenvalue weighted by Gasteiger charge is 2.46. The lowest BCUT2D eigenvalue weighted by atomic mass is 9.91. The first kappa shape index (κ1) is 13.8. The van der Waals surface area contributed by atoms with Gasteiger partial charge in [-0.25, -0.2) is 5.06 Å². The molecule has 108 valence electrons. The van der Waals surface area contributed by atoms with Gasteiger partial charge in [0.1, 0.15) is 0 Å². The summed E-state index contributed by atoms with van der Waals surface area (Å²) in [5, 5.41) is 1.84. The van der Waals surface area contributed by atoms with Crippen molar-refractivity contribution in [1.29, 1.82) is 0 Å². The summed E-state index contributed by atoms with van der Waals surface area (Å²) in [6, 6.07) is 13.8. The van der Waals surface area contributed by atoms with Crippen molar-refractivity contribution < 1.29 is 9.63 Å². The summed E-state index contributed by atoms with van der Waals surface area (Å²) in [5.41, 5.74) is 1.26. The molecule has 1 aliphatic rings. The van der Waals surface area contributed by atoms with Crippen LogP contribution in [0.5, 0.6) is 0 Å². The van der Waals surface area contributed by atoms with Gasteiger partial charge < -0.3 is 0 Å². The highest BCUT2D eigenvalue weighted by Crippen LogP contribution is 2.43. The molecule has 21 heavy (non-hydrogen) atoms. The van der Waals surface area contributed by atoms with E-state index in [1.807, 2.05) is 54.5 Å². The van der Waals surface area contributed by atoms with Crippen LogP contribution >= 0.6 is 0 Å². The summed E-state index contributed by atoms with van der Waals surface area (Å²) in [4.78, 5) is 22.0. The number of pyridine rings is 1. The normalized spacial score (nSPS) is 25.0. The smallest absolute Gasteiger partial charge is 0.164 e. The van der Waals surface area contributed by atoms with Crippen molar-refractivity contribution in [3.63, 3.8) is 0 Å². The maximum atomic E-state index is 12.0. The molecule has 1 fully saturated rings. The average Bonchev–Trinajstić information content (AvgIpc) is 2.89. The molecule has 1 aromatic heterocycles. The molecule has 3 rings (SSSR count). The number of Topliss-reactive ketones (excluding diaryl/α,β-unsaturated/α-hetero) is 1. The number of ketones is 1. The van der Waals surface area contributed by atoms with Gasteiger partial charge >= 0.3 is 0 Å². The van der Waals surface area contributed by atoms with Crippen LogP contribution in [-0.2, 0) is 9.63 Å². The van der Waals surface area contributed by atoms with Crippen molar-refractivity contribution in [3.05, 3.63) is 60.4 Å². The summed E-state index contributed by atoms with van der Waals surface area (Å²) in [7, 11) is 0. The fraction of sp³-hybridized carbons (Fsp3) is 0.294. The van der Waals surface area contributed by atoms with E-state index >= 15 is 0 Å². The standard InChI is InChI=1S/C17H18N2O2/c1-13(20)17(2)12-16(14-8-10-18-11-9-14)19(21-17)15-6-4-3-5-7-15/h3-11,16H,12H2,1-2H3/t16-,17+/m1/s1. The summed E-state index contributed by atoms with van der Waals surface area (Å²) in [5.74, 6) is 0.0417. The summed E-state index contributed by atoms with van der Waals surface area (Å²) < 4.78 is 0. The number of benzene rings is 1. The first-order valence-electron chi connectivity index (χ1n) is 7.04. The van der Waals surface area contributed by atoms with Crippen LogP contribution in [0.4, 0.5) is 5.69 Å². The SMILES string of the molecule is CC(=O)[C@]1(C)C[C@H](c2ccncc2)N(c2ccccc2)O1. The van der Waals surface area contributed by atoms with Gasteiger partial charge in [-0.1, -0.05) is 18.2 Å². The van der Waals surface area contributed by atoms with E-state index in [1.165, 1.54) is 0 Å². The van der Waals surface area contributed by atoms with Crippen LogP contribution in [0.3, 0.4) is 0 Å². The number of anilines is 1. The Labute approximate surface area is 124 Å². The zero-order valence-electron chi connectivity index (χ0n) is 12.2. The number of rotatable bonds is 3. The van der Waals surface area contributed by atoms with Crippen LogP contribution in [0.1, 0.15) is 31.9 Å². The zero-order valence-corrected chi connectivity index (χ0v) is 12.2. The third kappa shape index (κ3) is 2.54. The molecule has 0 amide bonds. The molecule has 0 aliphatic carbocycles. The molecule has 2 atom stereocenters. The molecule has 2 heterocycles. The fourth-order valence-corrected chi connectivity index (χ4v) is 2.62. The van der Waals surface area contributed by atoms with Gasteiger partial charge in [0.2, 0.25) is 0 Å². The first-order chi connectivity index (χ1) is 10.1. The van der Waals surface area contributed by atoms with Crippen molar-refractivity contribution in [2.75, 3.05) is 5.06 Å². The highest BCUT2D eigenvalue weighted by molar-refractivity contribution is 5.85. The van der Waals surface area contributed by atoms with Gasteiger partial charge in [0.05, 0.1) is 11.7 Å². The molecule has 2 aromatic rings. The molecule has 0 radical (unpaired) electrons. The Kier molecular flexibility index (Phi) is 3.47. The Bertz CT molecular complexity index is 580. The lowest BCUT2D eigenvalue weighted by molar-refractivity contribution is -0.136. The molecule has 4 nitrogen and oxygen atoms in total. The predicted octanol–water partition coefficient (Wildman–Crippen LogP) is 3.31. The minimum Gasteiger partial charge on any atom is -0.297 e. The Hall–Kier alpha value is -2.20. The van der Waals surface area contributed by atoms with E-state index in [9.17, 15) is 4.79 Å². The molecule has 1 saturated heterocycles. The van der Waals surface area contributed by atoms with Crippen molar-refractivity contribution in [1.82, 2.24) is 4.98 Å². The number of carbonyl (C=O) groups is 1. The van der Waals surface area contributed by atoms with E-state index in [-0.39, 0.29) is 11.8 Å². The predicted molar refractivity (Wildman–Crippen MR) is 80.7 cm³/mol. The number of hydrogen-bond acceptors (Lipinski definition) is 4. The van der Waals surface area contributed by atoms with E-state index in [0.29, 0.717) is 6.42 Å². The van der Waals surface area contributed by atoms with Crippen LogP contribution in [0.25, 0.3) is 0 Å². The van der Waals surface area contributed by atoms with E-state index in [0.717, 1.165) is 11.3 Å². The summed E-state index contributed by atoms with van der Waals surface area (Å²) >= 11 is 0. The minimum atomic E-state index is -0.788. The van der Waals surface area contributed by atoms with E-state index in [1.54, 1.807) is 19.3 Å². The van der Waals surface area contributed by atoms with Crippen LogP contribution < -0.4 is 5.06 Å². The number of para-hydroxylation sites is 1. The fourth-order valence-electron chi connectivity index (χ4n) is 2.62. The van der Waals surface area contributed by atoms with Crippen LogP contribution in [0.2, 0.25) is 0 Å². The number of aromatic nitrogens is 1. The molecule has 0 saturated carbocycles. The van der Waals surface area contributed by atoms with Crippen LogP contribution in [0.15, 0.2) is 54.9 Å². The monoisotopic (exact) mass is 282 g/mol. The Balaban J connectivity index is 2.01. The second-order valence-electron chi connectivity index (χ2n) is 5.54. The number of carbonyl (C=O) groups excluding carboxylic acids is 1. The minimum absolute atomic E-state index is 0.00398. The number of hydroxylamine groups is 1. The molecule has 1 aliphatic heterocycles. The van der Waals surface area contributed by atoms with Crippen LogP contribution in [-0.4, -0.2) is 16.4 Å². The third-order valence-corrected chi connectivity index (χ3v) is 4.01. The van der Waals surface area contributed by atoms with Crippen LogP contribution in [0, 0.1) is 0 Å². The van der Waals surface area contributed by atoms with Crippen molar-refractivity contribution in [3.8, 4) is 0 Å². The Morgan fingerprint density at radius 1 is 1.24 bits per heavy atom. The molecule has 4 heteroatoms. The molecule has 1 aromatic carbocycles. The maximum absolute atomic E-state index is 12.0. The van der Waals surface area contributed by atoms with Gasteiger partial charge in [0.15, 0.2) is 11.4 Å². The van der Waals surface area contributed by atoms with Gasteiger partial charge in [-0.05, 0) is 43.7 Å². The maximum Gasteiger partial charge on any atom is 0.164 e. The van der Waals surface area contributed by atoms with E-state index in [4.69, 9.17) is 4.84 Å². The molecular formula is C17H18N2O2. The quantitative estimate of drug-likeness (QED) is 0.866. The third-order valence-electron chi connectivity index (χ3n) is 4.01. The molecular weight excluding hydrogens is 264 g/mol. The van der Waals surface area contributed by atoms with Gasteiger partial charge in [-0.15, -0.1) is 0 Å². The topological polar surface area (TPSA) is 42.4 Å². The second-order valence-corrected chi connectivity index (χ2v) is 5.54. The Morgan fingerprint density at radius 3 is 2.52 bits per heavy atom. The Morgan fingerprint density at radius 2 is 1.90 bits per heavy atom. The van der Waals surface area contributed by atoms with Gasteiger partial charge in [0.25, 0.3) is 0 Å². The first-order valence-corrected chi connectivity index (χ1v) is 7.04. The number of hydrogen-bond donors (Lipinski definition) is 0. The lowest BCUT2D eigenvalue weighted by Gasteiger charge is -2.26. The van der Waals surface area contributed by atoms with Gasteiger partial charge in [-0.2, -0.15) is 0 Å². The highest BCUT2D eigenvalue weighted by atomic mass is 16.7. The van der Waals surface area contributed by atoms with E-state index in [2.05, 4.69) is 4.98 Å². The van der Waals surface area contributed by atoms with Gasteiger partial charge in [-0.3, -0.25) is 14.6 Å². The molecule has 0 bridgehead atoms. The van der Waals surface area contributed by atoms with Crippen molar-refractivity contribution >= 4 is 11.5 Å². The molecule has 0 N–H and O–H groups in total. The van der Waals surface area contributed by atoms with Crippen molar-refractivity contribution in [2.45, 2.75) is 31.9 Å². The lowest BCUT2D eigenvalue weighted by Crippen LogP contribution is -2.34. The van der Waals surface area contributed by atoms with E-state index < -0.39 is 5.60 Å². The average molecular weight is 282 g/mol. The van der Waals surface area contributed by atoms with Gasteiger partial charge in [0, 0.05) is 18.8 Å². The van der Waals surface area contributed by atoms with Crippen molar-refractivity contribution in [2.24, 2.45) is 0 Å². The summed E-state index contributed by atoms with van der Waals surface area (Å²) in [6.07, 6.45) is 4.16. The largest absolute Gasteiger partial charge is 0.297 e. The zero-order chi connectivity index (χ0) is 14.9. The second kappa shape index (κ2) is 5.30. The number of nitrogens with zero attached hydrogens (tertiary/aromatic N) is 2. The molecule has 0 spiro atoms.